The van der Waals surface area contributed by atoms with Gasteiger partial charge in [0, 0.05) is 0 Å². The van der Waals surface area contributed by atoms with Crippen LogP contribution in [-0.2, 0) is 0 Å². The van der Waals surface area contributed by atoms with Crippen molar-refractivity contribution in [1.29, 1.82) is 0 Å². The maximum atomic E-state index is 11.7. The number of rotatable bonds is 2. The van der Waals surface area contributed by atoms with Crippen LogP contribution < -0.4 is 11.2 Å². The van der Waals surface area contributed by atoms with E-state index >= 15 is 0 Å². The summed E-state index contributed by atoms with van der Waals surface area (Å²) < 4.78 is 0. The first-order valence-corrected chi connectivity index (χ1v) is 6.22. The Labute approximate surface area is 114 Å². The van der Waals surface area contributed by atoms with Gasteiger partial charge in [0.2, 0.25) is 0 Å². The molecular weight excluding hydrogens is 252 g/mol. The van der Waals surface area contributed by atoms with Crippen molar-refractivity contribution < 1.29 is 0 Å². The van der Waals surface area contributed by atoms with Crippen molar-refractivity contribution in [2.75, 3.05) is 0 Å². The Morgan fingerprint density at radius 1 is 0.800 bits per heavy atom. The van der Waals surface area contributed by atoms with E-state index in [1.807, 2.05) is 48.6 Å². The number of hydrogen-bond acceptors (Lipinski definition) is 2. The van der Waals surface area contributed by atoms with Crippen LogP contribution in [0.25, 0.3) is 23.1 Å². The Hall–Kier alpha value is -2.88. The second-order valence-electron chi connectivity index (χ2n) is 4.46. The second-order valence-corrected chi connectivity index (χ2v) is 4.46. The van der Waals surface area contributed by atoms with Crippen LogP contribution in [0, 0.1) is 0 Å². The summed E-state index contributed by atoms with van der Waals surface area (Å²) in [7, 11) is 0. The lowest BCUT2D eigenvalue weighted by Crippen LogP contribution is -2.21. The SMILES string of the molecule is O=c1[nH]c(=O)c2cc(C=Cc3ccccc3)ccc2[nH]1. The van der Waals surface area contributed by atoms with Crippen molar-refractivity contribution >= 4 is 23.1 Å². The van der Waals surface area contributed by atoms with Gasteiger partial charge in [0.15, 0.2) is 0 Å². The minimum Gasteiger partial charge on any atom is -0.307 e. The molecule has 0 unspecified atom stereocenters. The number of nitrogens with one attached hydrogen (secondary N) is 2. The van der Waals surface area contributed by atoms with Crippen LogP contribution in [0.3, 0.4) is 0 Å². The van der Waals surface area contributed by atoms with Crippen LogP contribution >= 0.6 is 0 Å². The van der Waals surface area contributed by atoms with Gasteiger partial charge in [-0.3, -0.25) is 9.78 Å². The van der Waals surface area contributed by atoms with Crippen LogP contribution in [0.15, 0.2) is 58.1 Å². The molecule has 0 aliphatic rings. The number of benzene rings is 2. The van der Waals surface area contributed by atoms with E-state index in [-0.39, 0.29) is 5.56 Å². The van der Waals surface area contributed by atoms with Crippen LogP contribution in [0.2, 0.25) is 0 Å². The summed E-state index contributed by atoms with van der Waals surface area (Å²) in [5, 5.41) is 0.472. The Morgan fingerprint density at radius 3 is 2.35 bits per heavy atom. The molecule has 0 saturated heterocycles. The molecule has 4 nitrogen and oxygen atoms in total. The molecule has 2 aromatic carbocycles. The molecule has 0 spiro atoms. The van der Waals surface area contributed by atoms with Crippen molar-refractivity contribution in [3.63, 3.8) is 0 Å². The largest absolute Gasteiger partial charge is 0.326 e. The molecule has 4 heteroatoms. The summed E-state index contributed by atoms with van der Waals surface area (Å²) in [6, 6.07) is 15.2. The van der Waals surface area contributed by atoms with Gasteiger partial charge in [0.1, 0.15) is 0 Å². The second kappa shape index (κ2) is 5.01. The molecule has 0 amide bonds. The summed E-state index contributed by atoms with van der Waals surface area (Å²) >= 11 is 0. The molecule has 20 heavy (non-hydrogen) atoms. The highest BCUT2D eigenvalue weighted by Gasteiger charge is 2.00. The minimum absolute atomic E-state index is 0.376. The lowest BCUT2D eigenvalue weighted by Gasteiger charge is -1.98. The van der Waals surface area contributed by atoms with Gasteiger partial charge in [-0.15, -0.1) is 0 Å². The molecule has 0 aliphatic heterocycles. The predicted octanol–water partition coefficient (Wildman–Crippen LogP) is 2.39. The number of aromatic nitrogens is 2. The Bertz CT molecular complexity index is 889. The third kappa shape index (κ3) is 2.44. The Kier molecular flexibility index (Phi) is 3.05. The first-order valence-electron chi connectivity index (χ1n) is 6.22. The zero-order valence-corrected chi connectivity index (χ0v) is 10.6. The highest BCUT2D eigenvalue weighted by atomic mass is 16.2. The molecule has 1 heterocycles. The molecule has 3 aromatic rings. The Morgan fingerprint density at radius 2 is 1.55 bits per heavy atom. The summed E-state index contributed by atoms with van der Waals surface area (Å²) in [5.74, 6) is 0. The minimum atomic E-state index is -0.491. The van der Waals surface area contributed by atoms with Gasteiger partial charge in [0.25, 0.3) is 5.56 Å². The first kappa shape index (κ1) is 12.2. The summed E-state index contributed by atoms with van der Waals surface area (Å²) in [6.07, 6.45) is 3.90. The molecule has 0 atom stereocenters. The molecule has 98 valence electrons. The molecule has 0 radical (unpaired) electrons. The van der Waals surface area contributed by atoms with E-state index in [0.29, 0.717) is 10.9 Å². The fourth-order valence-electron chi connectivity index (χ4n) is 2.04. The van der Waals surface area contributed by atoms with Crippen LogP contribution in [0.5, 0.6) is 0 Å². The van der Waals surface area contributed by atoms with E-state index in [0.717, 1.165) is 11.1 Å². The quantitative estimate of drug-likeness (QED) is 0.698. The third-order valence-corrected chi connectivity index (χ3v) is 3.03. The average Bonchev–Trinajstić information content (AvgIpc) is 2.46. The average molecular weight is 264 g/mol. The molecular formula is C16H12N2O2. The number of hydrogen-bond donors (Lipinski definition) is 2. The lowest BCUT2D eigenvalue weighted by atomic mass is 10.1. The van der Waals surface area contributed by atoms with E-state index in [1.165, 1.54) is 0 Å². The van der Waals surface area contributed by atoms with E-state index in [2.05, 4.69) is 9.97 Å². The summed E-state index contributed by atoms with van der Waals surface area (Å²) in [5.41, 5.74) is 1.66. The summed E-state index contributed by atoms with van der Waals surface area (Å²) in [4.78, 5) is 27.7. The van der Waals surface area contributed by atoms with Crippen molar-refractivity contribution in [3.05, 3.63) is 80.5 Å². The van der Waals surface area contributed by atoms with Crippen molar-refractivity contribution in [2.24, 2.45) is 0 Å². The highest BCUT2D eigenvalue weighted by molar-refractivity contribution is 5.82. The number of fused-ring (bicyclic) bond motifs is 1. The van der Waals surface area contributed by atoms with Crippen LogP contribution in [0.1, 0.15) is 11.1 Å². The monoisotopic (exact) mass is 264 g/mol. The van der Waals surface area contributed by atoms with E-state index < -0.39 is 5.69 Å². The highest BCUT2D eigenvalue weighted by Crippen LogP contribution is 2.12. The predicted molar refractivity (Wildman–Crippen MR) is 80.6 cm³/mol. The number of aromatic amines is 2. The van der Waals surface area contributed by atoms with E-state index in [9.17, 15) is 9.59 Å². The molecule has 3 rings (SSSR count). The van der Waals surface area contributed by atoms with Gasteiger partial charge >= 0.3 is 5.69 Å². The van der Waals surface area contributed by atoms with Gasteiger partial charge in [-0.25, -0.2) is 4.79 Å². The Balaban J connectivity index is 2.04. The van der Waals surface area contributed by atoms with Crippen molar-refractivity contribution in [3.8, 4) is 0 Å². The zero-order valence-electron chi connectivity index (χ0n) is 10.6. The zero-order chi connectivity index (χ0) is 13.9. The van der Waals surface area contributed by atoms with Gasteiger partial charge in [-0.05, 0) is 23.3 Å². The molecule has 0 bridgehead atoms. The van der Waals surface area contributed by atoms with E-state index in [1.54, 1.807) is 12.1 Å². The van der Waals surface area contributed by atoms with Gasteiger partial charge < -0.3 is 4.98 Å². The maximum Gasteiger partial charge on any atom is 0.326 e. The smallest absolute Gasteiger partial charge is 0.307 e. The fraction of sp³-hybridized carbons (Fsp3) is 0. The summed E-state index contributed by atoms with van der Waals surface area (Å²) in [6.45, 7) is 0. The van der Waals surface area contributed by atoms with E-state index in [4.69, 9.17) is 0 Å². The van der Waals surface area contributed by atoms with Gasteiger partial charge in [-0.1, -0.05) is 48.6 Å². The first-order chi connectivity index (χ1) is 9.72. The van der Waals surface area contributed by atoms with Crippen molar-refractivity contribution in [1.82, 2.24) is 9.97 Å². The maximum absolute atomic E-state index is 11.7. The number of H-pyrrole nitrogens is 2. The third-order valence-electron chi connectivity index (χ3n) is 3.03. The molecule has 1 aromatic heterocycles. The topological polar surface area (TPSA) is 65.7 Å². The normalized spacial score (nSPS) is 11.2. The van der Waals surface area contributed by atoms with Gasteiger partial charge in [-0.2, -0.15) is 0 Å². The lowest BCUT2D eigenvalue weighted by molar-refractivity contribution is 1.08. The molecule has 0 aliphatic carbocycles. The van der Waals surface area contributed by atoms with Crippen molar-refractivity contribution in [2.45, 2.75) is 0 Å². The van der Waals surface area contributed by atoms with Crippen LogP contribution in [0.4, 0.5) is 0 Å². The fourth-order valence-corrected chi connectivity index (χ4v) is 2.04. The molecule has 0 fully saturated rings. The van der Waals surface area contributed by atoms with Gasteiger partial charge in [0.05, 0.1) is 10.9 Å². The molecule has 0 saturated carbocycles. The standard InChI is InChI=1S/C16H12N2O2/c19-15-13-10-12(7-6-11-4-2-1-3-5-11)8-9-14(13)17-16(20)18-15/h1-10H,(H2,17,18,19,20). The molecule has 2 N–H and O–H groups in total. The van der Waals surface area contributed by atoms with Crippen LogP contribution in [-0.4, -0.2) is 9.97 Å².